The number of aliphatic hydroxyl groups is 3. The van der Waals surface area contributed by atoms with Crippen molar-refractivity contribution in [3.63, 3.8) is 0 Å². The van der Waals surface area contributed by atoms with Crippen LogP contribution in [0.2, 0.25) is 0 Å². The Hall–Kier alpha value is -6.64. The molecule has 0 aromatic heterocycles. The van der Waals surface area contributed by atoms with Crippen molar-refractivity contribution in [3.05, 3.63) is 81.9 Å². The van der Waals surface area contributed by atoms with Gasteiger partial charge < -0.3 is 62.6 Å². The van der Waals surface area contributed by atoms with E-state index in [9.17, 15) is 48.9 Å². The maximum atomic E-state index is 13.7. The Balaban J connectivity index is 1.27. The first kappa shape index (κ1) is 56.0. The molecule has 380 valence electrons. The van der Waals surface area contributed by atoms with Crippen LogP contribution >= 0.6 is 12.2 Å². The van der Waals surface area contributed by atoms with E-state index in [0.29, 0.717) is 35.1 Å². The van der Waals surface area contributed by atoms with Gasteiger partial charge in [0.05, 0.1) is 32.8 Å². The van der Waals surface area contributed by atoms with Gasteiger partial charge in [-0.1, -0.05) is 65.5 Å². The summed E-state index contributed by atoms with van der Waals surface area (Å²) in [6.07, 6.45) is 4.05. The molecule has 0 fully saturated rings. The van der Waals surface area contributed by atoms with Gasteiger partial charge in [-0.3, -0.25) is 33.6 Å². The smallest absolute Gasteiger partial charge is 0.239 e. The van der Waals surface area contributed by atoms with Crippen molar-refractivity contribution < 1.29 is 53.6 Å². The maximum absolute atomic E-state index is 13.7. The topological polar surface area (TPSA) is 286 Å². The average molecular weight is 989 g/mol. The first-order valence-corrected chi connectivity index (χ1v) is 23.5. The number of hydrogen-bond donors (Lipinski definition) is 11. The third kappa shape index (κ3) is 15.7. The van der Waals surface area contributed by atoms with Gasteiger partial charge in [-0.25, -0.2) is 0 Å². The summed E-state index contributed by atoms with van der Waals surface area (Å²) in [6.45, 7) is 13.8. The fourth-order valence-corrected chi connectivity index (χ4v) is 8.76. The Morgan fingerprint density at radius 1 is 0.800 bits per heavy atom. The molecular formula is C50H68N8O11S. The molecule has 19 nitrogen and oxygen atoms in total. The number of carbonyl (C=O) groups is 7. The second-order valence-corrected chi connectivity index (χ2v) is 19.3. The van der Waals surface area contributed by atoms with E-state index in [0.717, 1.165) is 21.6 Å². The number of carbonyl (C=O) groups excluding carboxylic acids is 7. The molecule has 1 heterocycles. The number of benzene rings is 2. The Morgan fingerprint density at radius 3 is 2.07 bits per heavy atom. The van der Waals surface area contributed by atoms with Gasteiger partial charge in [0.25, 0.3) is 0 Å². The lowest BCUT2D eigenvalue weighted by Gasteiger charge is -2.41. The number of Topliss-reactive ketones (excluding diaryl/α,β-unsaturated/α-hetero) is 1. The van der Waals surface area contributed by atoms with Crippen molar-refractivity contribution in [2.45, 2.75) is 93.1 Å². The fraction of sp³-hybridized carbons (Fsp3) is 0.480. The molecule has 20 heteroatoms. The molecule has 4 rings (SSSR count). The Kier molecular flexibility index (Phi) is 19.8. The molecule has 2 aliphatic rings. The second-order valence-electron chi connectivity index (χ2n) is 18.9. The van der Waals surface area contributed by atoms with E-state index in [2.05, 4.69) is 49.1 Å². The number of fused-ring (bicyclic) bond motifs is 2. The first-order valence-electron chi connectivity index (χ1n) is 23.1. The lowest BCUT2D eigenvalue weighted by atomic mass is 9.64. The molecule has 2 aromatic carbocycles. The molecule has 6 amide bonds. The standard InChI is InChI=1S/C50H68N8O11S/c1-9-49(7,28-50(8,46(68)57-31(4)61)27-48(5,6)44(66)55-25-42(65)54-23-41(64)53-22-30(3)60)45(67)56-24-40(63)51-17-10-18-52-47(70)58-33-12-15-35(32(20-33)26-59)43-36-14-11-29(2)19-38(36)69-39-21-34(62)13-16-37(39)43/h11-16,19-21,31,37,39,59,61-62H,2,9-10,17-18,22-28H2,1,3-8H3,(H,51,63)(H,53,64)(H,54,65)(H,55,66)(H,56,67)(H,57,68)(H2,52,58,70). The number of hydrogen-bond acceptors (Lipinski definition) is 12. The highest BCUT2D eigenvalue weighted by Gasteiger charge is 2.48. The van der Waals surface area contributed by atoms with Gasteiger partial charge in [-0.2, -0.15) is 0 Å². The minimum absolute atomic E-state index is 0.0795. The summed E-state index contributed by atoms with van der Waals surface area (Å²) in [5.74, 6) is -3.11. The van der Waals surface area contributed by atoms with Crippen molar-refractivity contribution in [1.29, 1.82) is 0 Å². The van der Waals surface area contributed by atoms with Crippen LogP contribution in [0.1, 0.15) is 85.3 Å². The number of ketones is 1. The Labute approximate surface area is 413 Å². The van der Waals surface area contributed by atoms with Crippen LogP contribution < -0.4 is 57.7 Å². The van der Waals surface area contributed by atoms with E-state index in [1.54, 1.807) is 46.8 Å². The van der Waals surface area contributed by atoms with Crippen LogP contribution in [0.25, 0.3) is 12.2 Å². The van der Waals surface area contributed by atoms with E-state index in [1.807, 2.05) is 42.5 Å². The normalized spacial score (nSPS) is 17.0. The van der Waals surface area contributed by atoms with E-state index in [1.165, 1.54) is 13.8 Å². The molecule has 11 N–H and O–H groups in total. The van der Waals surface area contributed by atoms with Gasteiger partial charge in [0.15, 0.2) is 5.11 Å². The van der Waals surface area contributed by atoms with Gasteiger partial charge in [-0.05, 0) is 104 Å². The molecule has 2 aromatic rings. The molecule has 0 spiro atoms. The van der Waals surface area contributed by atoms with Crippen LogP contribution in [0.15, 0.2) is 60.4 Å². The van der Waals surface area contributed by atoms with Crippen molar-refractivity contribution in [2.24, 2.45) is 22.2 Å². The Bertz CT molecular complexity index is 2510. The number of amides is 6. The molecule has 70 heavy (non-hydrogen) atoms. The SMILES string of the molecule is C=c1ccc2c(c1)OC1C=C(O)C=CC1C=2c1ccc(NC(=S)NCCCNC(=O)CNC(=O)C(C)(CC)CC(C)(CC(C)(C)C(=O)NCC(=O)NCC(=O)NCC(C)=O)C(=O)NC(C)O)cc1CO. The highest BCUT2D eigenvalue weighted by molar-refractivity contribution is 7.80. The largest absolute Gasteiger partial charge is 0.508 e. The van der Waals surface area contributed by atoms with Crippen molar-refractivity contribution >= 4 is 76.4 Å². The third-order valence-electron chi connectivity index (χ3n) is 12.1. The van der Waals surface area contributed by atoms with E-state index in [4.69, 9.17) is 17.0 Å². The van der Waals surface area contributed by atoms with Gasteiger partial charge in [-0.15, -0.1) is 0 Å². The lowest BCUT2D eigenvalue weighted by molar-refractivity contribution is -0.144. The highest BCUT2D eigenvalue weighted by atomic mass is 32.1. The average Bonchev–Trinajstić information content (AvgIpc) is 3.29. The zero-order chi connectivity index (χ0) is 52.0. The molecule has 5 unspecified atom stereocenters. The quantitative estimate of drug-likeness (QED) is 0.0393. The minimum atomic E-state index is -1.42. The summed E-state index contributed by atoms with van der Waals surface area (Å²) in [7, 11) is 0. The number of anilines is 1. The van der Waals surface area contributed by atoms with Crippen molar-refractivity contribution in [1.82, 2.24) is 37.2 Å². The number of rotatable bonds is 24. The van der Waals surface area contributed by atoms with E-state index in [-0.39, 0.29) is 63.0 Å². The van der Waals surface area contributed by atoms with Gasteiger partial charge in [0.2, 0.25) is 35.4 Å². The summed E-state index contributed by atoms with van der Waals surface area (Å²) in [5, 5.41) is 54.1. The van der Waals surface area contributed by atoms with Gasteiger partial charge >= 0.3 is 0 Å². The summed E-state index contributed by atoms with van der Waals surface area (Å²) in [5.41, 5.74) is -0.837. The molecular weight excluding hydrogens is 921 g/mol. The van der Waals surface area contributed by atoms with E-state index < -0.39 is 77.1 Å². The van der Waals surface area contributed by atoms with Crippen LogP contribution in [0.4, 0.5) is 5.69 Å². The number of aliphatic hydroxyl groups excluding tert-OH is 3. The summed E-state index contributed by atoms with van der Waals surface area (Å²) < 4.78 is 6.23. The molecule has 0 bridgehead atoms. The minimum Gasteiger partial charge on any atom is -0.508 e. The second kappa shape index (κ2) is 24.8. The highest BCUT2D eigenvalue weighted by Crippen LogP contribution is 2.45. The van der Waals surface area contributed by atoms with Crippen LogP contribution in [0.5, 0.6) is 5.75 Å². The summed E-state index contributed by atoms with van der Waals surface area (Å²) in [4.78, 5) is 89.0. The molecule has 0 saturated carbocycles. The zero-order valence-electron chi connectivity index (χ0n) is 40.9. The molecule has 1 aliphatic carbocycles. The maximum Gasteiger partial charge on any atom is 0.239 e. The van der Waals surface area contributed by atoms with E-state index >= 15 is 0 Å². The molecule has 0 radical (unpaired) electrons. The summed E-state index contributed by atoms with van der Waals surface area (Å²) in [6, 6.07) is 11.3. The number of thiocarbonyl (C=S) groups is 1. The fourth-order valence-electron chi connectivity index (χ4n) is 8.54. The predicted molar refractivity (Wildman–Crippen MR) is 268 cm³/mol. The number of allylic oxidation sites excluding steroid dienone is 1. The van der Waals surface area contributed by atoms with Crippen LogP contribution in [0, 0.1) is 22.2 Å². The van der Waals surface area contributed by atoms with Crippen LogP contribution in [-0.2, 0) is 40.2 Å². The van der Waals surface area contributed by atoms with Crippen LogP contribution in [0.3, 0.4) is 0 Å². The molecule has 5 atom stereocenters. The zero-order valence-corrected chi connectivity index (χ0v) is 41.7. The molecule has 0 saturated heterocycles. The van der Waals surface area contributed by atoms with Crippen LogP contribution in [-0.4, -0.2) is 113 Å². The lowest BCUT2D eigenvalue weighted by Crippen LogP contribution is -2.52. The number of ether oxygens (including phenoxy) is 1. The van der Waals surface area contributed by atoms with Gasteiger partial charge in [0, 0.05) is 46.2 Å². The first-order chi connectivity index (χ1) is 32.9. The monoisotopic (exact) mass is 988 g/mol. The Morgan fingerprint density at radius 2 is 1.43 bits per heavy atom. The van der Waals surface area contributed by atoms with Gasteiger partial charge in [0.1, 0.15) is 29.6 Å². The third-order valence-corrected chi connectivity index (χ3v) is 12.4. The summed E-state index contributed by atoms with van der Waals surface area (Å²) >= 11 is 5.53. The molecule has 1 aliphatic heterocycles. The van der Waals surface area contributed by atoms with Crippen molar-refractivity contribution in [2.75, 3.05) is 44.6 Å². The number of nitrogens with one attached hydrogen (secondary N) is 8. The predicted octanol–water partition coefficient (Wildman–Crippen LogP) is 0.707. The van der Waals surface area contributed by atoms with Crippen molar-refractivity contribution in [3.8, 4) is 5.75 Å².